The number of aromatic nitrogens is 3. The van der Waals surface area contributed by atoms with Gasteiger partial charge in [0.2, 0.25) is 17.8 Å². The third-order valence-electron chi connectivity index (χ3n) is 11.7. The van der Waals surface area contributed by atoms with Crippen LogP contribution in [0.3, 0.4) is 0 Å². The molecule has 0 amide bonds. The molecule has 1 saturated heterocycles. The van der Waals surface area contributed by atoms with Gasteiger partial charge >= 0.3 is 5.97 Å². The molecule has 2 heterocycles. The Balaban J connectivity index is 1.20. The number of ether oxygens (including phenoxy) is 2. The van der Waals surface area contributed by atoms with E-state index in [2.05, 4.69) is 51.4 Å². The lowest BCUT2D eigenvalue weighted by molar-refractivity contribution is 0.0696. The highest BCUT2D eigenvalue weighted by Gasteiger charge is 2.25. The van der Waals surface area contributed by atoms with Crippen molar-refractivity contribution in [3.05, 3.63) is 115 Å². The van der Waals surface area contributed by atoms with Gasteiger partial charge in [0, 0.05) is 47.7 Å². The van der Waals surface area contributed by atoms with Gasteiger partial charge in [-0.15, -0.1) is 20.5 Å². The van der Waals surface area contributed by atoms with Crippen LogP contribution in [-0.2, 0) is 45.2 Å². The predicted molar refractivity (Wildman–Crippen MR) is 284 cm³/mol. The molecule has 1 fully saturated rings. The first-order chi connectivity index (χ1) is 37.7. The minimum absolute atomic E-state index is 0.0131. The fraction of sp³-hybridized carbons (Fsp3) is 0.106. The van der Waals surface area contributed by atoms with E-state index in [1.807, 2.05) is 0 Å². The molecule has 0 saturated carbocycles. The molecule has 29 nitrogen and oxygen atoms in total. The molecule has 0 atom stereocenters. The van der Waals surface area contributed by atoms with Crippen LogP contribution in [0.1, 0.15) is 10.4 Å². The molecule has 33 heteroatoms. The SMILES string of the molecule is COc1cc(N=Nc2cc(S(=O)(=O)O)cc3cc(S(=O)(=O)O)cc(O)c23)c(Nc2nc(Nc3ccc(S(=O)(=O)O)cc3)nc(N3CCOCC3)n2)cc1N=Nc1c(S(=O)(=O)O)cc2ccc(Nc3ccc(C(=O)O)cc3)cc2c1O. The highest BCUT2D eigenvalue weighted by atomic mass is 32.2. The van der Waals surface area contributed by atoms with Crippen molar-refractivity contribution in [2.45, 2.75) is 19.6 Å². The number of methoxy groups -OCH3 is 1. The monoisotopic (exact) mass is 1170 g/mol. The number of azo groups is 2. The van der Waals surface area contributed by atoms with E-state index in [4.69, 9.17) is 9.47 Å². The van der Waals surface area contributed by atoms with Crippen LogP contribution in [0.15, 0.2) is 149 Å². The summed E-state index contributed by atoms with van der Waals surface area (Å²) < 4.78 is 149. The van der Waals surface area contributed by atoms with Crippen molar-refractivity contribution in [3.8, 4) is 17.2 Å². The van der Waals surface area contributed by atoms with Gasteiger partial charge in [-0.25, -0.2) is 4.79 Å². The van der Waals surface area contributed by atoms with Crippen LogP contribution in [0.5, 0.6) is 17.2 Å². The van der Waals surface area contributed by atoms with Crippen LogP contribution >= 0.6 is 0 Å². The van der Waals surface area contributed by atoms with Gasteiger partial charge in [0.1, 0.15) is 33.5 Å². The highest BCUT2D eigenvalue weighted by molar-refractivity contribution is 7.86. The van der Waals surface area contributed by atoms with Crippen molar-refractivity contribution in [1.82, 2.24) is 15.0 Å². The third-order valence-corrected chi connectivity index (χ3v) is 15.1. The first kappa shape index (κ1) is 55.7. The van der Waals surface area contributed by atoms with Crippen molar-refractivity contribution in [2.24, 2.45) is 20.5 Å². The summed E-state index contributed by atoms with van der Waals surface area (Å²) in [5.74, 6) is -3.26. The lowest BCUT2D eigenvalue weighted by atomic mass is 10.1. The second-order valence-electron chi connectivity index (χ2n) is 17.0. The Kier molecular flexibility index (Phi) is 15.1. The first-order valence-electron chi connectivity index (χ1n) is 22.6. The molecule has 1 aliphatic rings. The van der Waals surface area contributed by atoms with E-state index in [0.717, 1.165) is 36.4 Å². The summed E-state index contributed by atoms with van der Waals surface area (Å²) in [5.41, 5.74) is -0.833. The average molecular weight is 1170 g/mol. The number of carboxylic acids is 1. The molecule has 1 aliphatic heterocycles. The molecular formula is C47H39N11O18S4. The summed E-state index contributed by atoms with van der Waals surface area (Å²) in [6.07, 6.45) is 0. The number of phenolic OH excluding ortho intramolecular Hbond substituents is 2. The third kappa shape index (κ3) is 12.4. The molecular weight excluding hydrogens is 1130 g/mol. The molecule has 80 heavy (non-hydrogen) atoms. The zero-order valence-corrected chi connectivity index (χ0v) is 43.8. The van der Waals surface area contributed by atoms with Crippen molar-refractivity contribution in [3.63, 3.8) is 0 Å². The Morgan fingerprint density at radius 1 is 0.588 bits per heavy atom. The number of nitrogens with one attached hydrogen (secondary N) is 3. The van der Waals surface area contributed by atoms with Gasteiger partial charge in [-0.2, -0.15) is 48.6 Å². The Bertz CT molecular complexity index is 4350. The van der Waals surface area contributed by atoms with Crippen molar-refractivity contribution in [1.29, 1.82) is 0 Å². The van der Waals surface area contributed by atoms with Crippen LogP contribution in [0.4, 0.5) is 63.3 Å². The van der Waals surface area contributed by atoms with E-state index in [-0.39, 0.29) is 86.7 Å². The number of carbonyl (C=O) groups is 1. The van der Waals surface area contributed by atoms with Gasteiger partial charge in [0.05, 0.1) is 57.3 Å². The van der Waals surface area contributed by atoms with E-state index >= 15 is 0 Å². The van der Waals surface area contributed by atoms with Crippen LogP contribution < -0.4 is 25.6 Å². The molecule has 8 aromatic rings. The largest absolute Gasteiger partial charge is 0.507 e. The second-order valence-corrected chi connectivity index (χ2v) is 22.7. The quantitative estimate of drug-likeness (QED) is 0.0303. The molecule has 0 spiro atoms. The van der Waals surface area contributed by atoms with Gasteiger partial charge in [-0.05, 0) is 102 Å². The summed E-state index contributed by atoms with van der Waals surface area (Å²) >= 11 is 0. The van der Waals surface area contributed by atoms with E-state index in [1.54, 1.807) is 4.90 Å². The number of hydrogen-bond acceptors (Lipinski definition) is 24. The Labute approximate surface area is 452 Å². The maximum absolute atomic E-state index is 12.9. The molecule has 0 radical (unpaired) electrons. The Morgan fingerprint density at radius 2 is 1.16 bits per heavy atom. The molecule has 0 bridgehead atoms. The molecule has 7 aromatic carbocycles. The van der Waals surface area contributed by atoms with Crippen molar-refractivity contribution in [2.75, 3.05) is 54.3 Å². The zero-order valence-electron chi connectivity index (χ0n) is 40.6. The number of rotatable bonds is 17. The normalized spacial score (nSPS) is 13.5. The summed E-state index contributed by atoms with van der Waals surface area (Å²) in [6.45, 7) is 1.17. The van der Waals surface area contributed by atoms with Gasteiger partial charge in [0.15, 0.2) is 5.75 Å². The number of anilines is 7. The van der Waals surface area contributed by atoms with Gasteiger partial charge in [0.25, 0.3) is 40.5 Å². The first-order valence-corrected chi connectivity index (χ1v) is 28.4. The number of aromatic hydroxyl groups is 2. The number of hydrogen-bond donors (Lipinski definition) is 10. The molecule has 9 rings (SSSR count). The molecule has 10 N–H and O–H groups in total. The zero-order chi connectivity index (χ0) is 57.5. The number of carboxylic acid groups (broad SMARTS) is 1. The minimum Gasteiger partial charge on any atom is -0.507 e. The maximum atomic E-state index is 12.9. The van der Waals surface area contributed by atoms with Gasteiger partial charge in [-0.1, -0.05) is 6.07 Å². The van der Waals surface area contributed by atoms with E-state index in [1.165, 1.54) is 73.8 Å². The average Bonchev–Trinajstić information content (AvgIpc) is 3.40. The highest BCUT2D eigenvalue weighted by Crippen LogP contribution is 2.46. The lowest BCUT2D eigenvalue weighted by Gasteiger charge is -2.27. The lowest BCUT2D eigenvalue weighted by Crippen LogP contribution is -2.37. The smallest absolute Gasteiger partial charge is 0.335 e. The van der Waals surface area contributed by atoms with Crippen molar-refractivity contribution >= 4 is 131 Å². The van der Waals surface area contributed by atoms with Crippen LogP contribution in [0, 0.1) is 0 Å². The van der Waals surface area contributed by atoms with Crippen LogP contribution in [-0.4, -0.2) is 122 Å². The molecule has 0 aliphatic carbocycles. The Hall–Kier alpha value is -9.06. The number of morpholine rings is 1. The fourth-order valence-electron chi connectivity index (χ4n) is 7.90. The number of nitrogens with zero attached hydrogens (tertiary/aromatic N) is 8. The standard InChI is InChI=1S/C47H39N11O18S4/c1-75-39-23-35(54-56-37-20-31(78(66,67)68)16-26-17-32(79(69,70)71)21-38(59)41(26)37)34(50-46-51-45(52-47(53-46)58-12-14-76-15-13-58)49-28-8-10-30(11-9-28)77(63,64)65)22-36(39)55-57-42-40(80(72,73)74)18-25-4-7-29(19-33(25)43(42)60)48-27-5-2-24(3-6-27)44(61)62/h2-11,16-23,48,59-60H,12-15H2,1H3,(H,61,62)(H,63,64,65)(H,66,67,68)(H,69,70,71)(H,72,73,74)(H2,49,50,51,52,53). The molecule has 414 valence electrons. The molecule has 1 aromatic heterocycles. The van der Waals surface area contributed by atoms with Crippen LogP contribution in [0.25, 0.3) is 21.5 Å². The van der Waals surface area contributed by atoms with Crippen LogP contribution in [0.2, 0.25) is 0 Å². The maximum Gasteiger partial charge on any atom is 0.335 e. The summed E-state index contributed by atoms with van der Waals surface area (Å²) in [7, 11) is -18.6. The topological polar surface area (TPSA) is 441 Å². The van der Waals surface area contributed by atoms with E-state index in [0.29, 0.717) is 30.5 Å². The van der Waals surface area contributed by atoms with Gasteiger partial charge in [-0.3, -0.25) is 18.2 Å². The molecule has 0 unspecified atom stereocenters. The fourth-order valence-corrected chi connectivity index (χ4v) is 10.1. The minimum atomic E-state index is -5.16. The van der Waals surface area contributed by atoms with Crippen molar-refractivity contribution < 1.29 is 81.5 Å². The summed E-state index contributed by atoms with van der Waals surface area (Å²) in [5, 5.41) is 57.2. The number of benzene rings is 7. The summed E-state index contributed by atoms with van der Waals surface area (Å²) in [6, 6.07) is 21.4. The number of aromatic carboxylic acids is 1. The Morgan fingerprint density at radius 3 is 1.77 bits per heavy atom. The van der Waals surface area contributed by atoms with E-state index < -0.39 is 88.9 Å². The second kappa shape index (κ2) is 21.6. The predicted octanol–water partition coefficient (Wildman–Crippen LogP) is 8.18. The summed E-state index contributed by atoms with van der Waals surface area (Å²) in [4.78, 5) is 23.7. The van der Waals surface area contributed by atoms with Gasteiger partial charge < -0.3 is 45.6 Å². The number of fused-ring (bicyclic) bond motifs is 2. The number of phenols is 2. The van der Waals surface area contributed by atoms with E-state index in [9.17, 15) is 72.0 Å².